The van der Waals surface area contributed by atoms with E-state index in [-0.39, 0.29) is 18.9 Å². The Hall–Kier alpha value is 1.04. The largest absolute Gasteiger partial charge is 1.00 e. The van der Waals surface area contributed by atoms with Crippen molar-refractivity contribution in [2.75, 3.05) is 6.61 Å². The first-order chi connectivity index (χ1) is 3.34. The molecule has 0 bridgehead atoms. The minimum atomic E-state index is 0. The van der Waals surface area contributed by atoms with Crippen LogP contribution in [0.4, 0.5) is 0 Å². The zero-order valence-electron chi connectivity index (χ0n) is 5.28. The Morgan fingerprint density at radius 2 is 2.38 bits per heavy atom. The minimum absolute atomic E-state index is 0. The van der Waals surface area contributed by atoms with Crippen LogP contribution in [0.2, 0.25) is 0 Å². The van der Waals surface area contributed by atoms with Gasteiger partial charge in [0.1, 0.15) is 0 Å². The normalized spacial score (nSPS) is 27.0. The maximum Gasteiger partial charge on any atom is 1.00 e. The molecule has 1 atom stereocenters. The van der Waals surface area contributed by atoms with Gasteiger partial charge in [-0.15, -0.1) is 0 Å². The van der Waals surface area contributed by atoms with Gasteiger partial charge < -0.3 is 20.7 Å². The zero-order valence-corrected chi connectivity index (χ0v) is 6.86. The van der Waals surface area contributed by atoms with Crippen LogP contribution in [0.15, 0.2) is 0 Å². The molecule has 1 nitrogen and oxygen atoms in total. The van der Waals surface area contributed by atoms with Crippen LogP contribution in [-0.4, -0.2) is 12.7 Å². The van der Waals surface area contributed by atoms with Crippen molar-refractivity contribution in [1.82, 2.24) is 0 Å². The number of halogens is 1. The molecule has 1 aliphatic carbocycles. The Labute approximate surface area is 70.5 Å². The molecule has 1 unspecified atom stereocenters. The summed E-state index contributed by atoms with van der Waals surface area (Å²) in [5, 5.41) is 0. The first-order valence-electron chi connectivity index (χ1n) is 2.47. The average Bonchev–Trinajstić information content (AvgIpc) is 2.22. The van der Waals surface area contributed by atoms with Crippen molar-refractivity contribution in [3.05, 3.63) is 4.83 Å². The second-order valence-electron chi connectivity index (χ2n) is 1.59. The molecule has 0 aromatic carbocycles. The van der Waals surface area contributed by atoms with Crippen LogP contribution in [0.5, 0.6) is 0 Å². The molecule has 3 heteroatoms. The van der Waals surface area contributed by atoms with Crippen LogP contribution >= 0.6 is 15.9 Å². The molecule has 0 amide bonds. The molecule has 0 aromatic rings. The van der Waals surface area contributed by atoms with E-state index in [0.717, 1.165) is 13.0 Å². The molecule has 0 N–H and O–H groups in total. The van der Waals surface area contributed by atoms with E-state index in [4.69, 9.17) is 4.74 Å². The Morgan fingerprint density at radius 1 is 1.88 bits per heavy atom. The fraction of sp³-hybridized carbons (Fsp3) is 0.800. The van der Waals surface area contributed by atoms with E-state index in [1.54, 1.807) is 0 Å². The summed E-state index contributed by atoms with van der Waals surface area (Å²) in [7, 11) is 0. The standard InChI is InChI=1S/C5H8BrO.Li/c1-2-7-5-3-4(5)6;/h5H,2-3H2,1H3;/q-1;+1. The van der Waals surface area contributed by atoms with Crippen molar-refractivity contribution in [3.63, 3.8) is 0 Å². The van der Waals surface area contributed by atoms with Crippen LogP contribution in [0.1, 0.15) is 13.3 Å². The van der Waals surface area contributed by atoms with Crippen LogP contribution < -0.4 is 18.9 Å². The molecule has 0 aromatic heterocycles. The van der Waals surface area contributed by atoms with E-state index < -0.39 is 0 Å². The van der Waals surface area contributed by atoms with Crippen LogP contribution in [0.25, 0.3) is 0 Å². The molecule has 1 saturated carbocycles. The third-order valence-corrected chi connectivity index (χ3v) is 1.77. The molecular weight excluding hydrogens is 163 g/mol. The molecule has 0 heterocycles. The van der Waals surface area contributed by atoms with Crippen molar-refractivity contribution in [1.29, 1.82) is 0 Å². The monoisotopic (exact) mass is 170 g/mol. The van der Waals surface area contributed by atoms with Crippen molar-refractivity contribution >= 4 is 15.9 Å². The third-order valence-electron chi connectivity index (χ3n) is 0.937. The van der Waals surface area contributed by atoms with E-state index in [9.17, 15) is 0 Å². The maximum atomic E-state index is 5.18. The molecule has 42 valence electrons. The summed E-state index contributed by atoms with van der Waals surface area (Å²) < 4.78 is 5.18. The summed E-state index contributed by atoms with van der Waals surface area (Å²) >= 11 is 3.34. The fourth-order valence-corrected chi connectivity index (χ4v) is 0.895. The van der Waals surface area contributed by atoms with Gasteiger partial charge in [0.25, 0.3) is 0 Å². The van der Waals surface area contributed by atoms with E-state index in [1.807, 2.05) is 6.92 Å². The van der Waals surface area contributed by atoms with Gasteiger partial charge >= 0.3 is 18.9 Å². The van der Waals surface area contributed by atoms with Gasteiger partial charge in [0.2, 0.25) is 0 Å². The molecular formula is C5H8BrLiO. The van der Waals surface area contributed by atoms with E-state index in [2.05, 4.69) is 15.9 Å². The molecule has 0 radical (unpaired) electrons. The van der Waals surface area contributed by atoms with Crippen LogP contribution in [0, 0.1) is 4.83 Å². The molecule has 0 spiro atoms. The summed E-state index contributed by atoms with van der Waals surface area (Å²) in [5.41, 5.74) is 0. The second-order valence-corrected chi connectivity index (χ2v) is 2.61. The zero-order chi connectivity index (χ0) is 5.28. The number of rotatable bonds is 2. The first kappa shape index (κ1) is 9.04. The number of hydrogen-bond donors (Lipinski definition) is 0. The average molecular weight is 171 g/mol. The van der Waals surface area contributed by atoms with Gasteiger partial charge in [-0.3, -0.25) is 0 Å². The predicted octanol–water partition coefficient (Wildman–Crippen LogP) is -1.27. The van der Waals surface area contributed by atoms with E-state index in [1.165, 1.54) is 4.83 Å². The molecule has 1 rings (SSSR count). The Bertz CT molecular complexity index is 69.4. The topological polar surface area (TPSA) is 9.23 Å². The molecule has 8 heavy (non-hydrogen) atoms. The summed E-state index contributed by atoms with van der Waals surface area (Å²) in [6, 6.07) is 0. The van der Waals surface area contributed by atoms with Crippen molar-refractivity contribution in [3.8, 4) is 0 Å². The second kappa shape index (κ2) is 3.95. The summed E-state index contributed by atoms with van der Waals surface area (Å²) in [5.74, 6) is 0. The minimum Gasteiger partial charge on any atom is -0.412 e. The number of ether oxygens (including phenoxy) is 1. The van der Waals surface area contributed by atoms with E-state index in [0.29, 0.717) is 6.10 Å². The molecule has 1 aliphatic rings. The van der Waals surface area contributed by atoms with Gasteiger partial charge in [0.05, 0.1) is 0 Å². The van der Waals surface area contributed by atoms with Gasteiger partial charge in [-0.2, -0.15) is 6.42 Å². The van der Waals surface area contributed by atoms with Crippen molar-refractivity contribution in [2.45, 2.75) is 19.4 Å². The molecule has 1 fully saturated rings. The predicted molar refractivity (Wildman–Crippen MR) is 32.2 cm³/mol. The van der Waals surface area contributed by atoms with E-state index >= 15 is 0 Å². The van der Waals surface area contributed by atoms with Gasteiger partial charge in [0.15, 0.2) is 0 Å². The Morgan fingerprint density at radius 3 is 2.50 bits per heavy atom. The smallest absolute Gasteiger partial charge is 0.412 e. The fourth-order valence-electron chi connectivity index (χ4n) is 0.469. The Kier molecular flexibility index (Phi) is 4.46. The van der Waals surface area contributed by atoms with Crippen LogP contribution in [0.3, 0.4) is 0 Å². The first-order valence-corrected chi connectivity index (χ1v) is 3.26. The number of hydrogen-bond acceptors (Lipinski definition) is 1. The molecule has 0 saturated heterocycles. The van der Waals surface area contributed by atoms with Gasteiger partial charge in [-0.25, -0.2) is 4.83 Å². The summed E-state index contributed by atoms with van der Waals surface area (Å²) in [6.07, 6.45) is 1.57. The van der Waals surface area contributed by atoms with Crippen molar-refractivity contribution in [2.24, 2.45) is 0 Å². The van der Waals surface area contributed by atoms with Crippen LogP contribution in [-0.2, 0) is 4.74 Å². The van der Waals surface area contributed by atoms with Gasteiger partial charge in [0, 0.05) is 6.61 Å². The van der Waals surface area contributed by atoms with Crippen molar-refractivity contribution < 1.29 is 23.6 Å². The molecule has 0 aliphatic heterocycles. The summed E-state index contributed by atoms with van der Waals surface area (Å²) in [4.78, 5) is 1.31. The maximum absolute atomic E-state index is 5.18. The van der Waals surface area contributed by atoms with Gasteiger partial charge in [-0.05, 0) is 6.92 Å². The Balaban J connectivity index is 0.000000490. The summed E-state index contributed by atoms with van der Waals surface area (Å²) in [6.45, 7) is 2.85. The quantitative estimate of drug-likeness (QED) is 0.371. The van der Waals surface area contributed by atoms with Gasteiger partial charge in [-0.1, -0.05) is 6.10 Å². The third kappa shape index (κ3) is 2.55. The SMILES string of the molecule is CCOC1C[C-]1Br.[Li+].